The number of piperazine rings is 1. The van der Waals surface area contributed by atoms with Crippen LogP contribution in [-0.2, 0) is 6.54 Å². The summed E-state index contributed by atoms with van der Waals surface area (Å²) in [4.78, 5) is 20.4. The van der Waals surface area contributed by atoms with E-state index in [1.807, 2.05) is 30.3 Å². The van der Waals surface area contributed by atoms with Gasteiger partial charge in [-0.3, -0.25) is 0 Å². The van der Waals surface area contributed by atoms with E-state index < -0.39 is 0 Å². The zero-order chi connectivity index (χ0) is 16.8. The first kappa shape index (κ1) is 15.8. The summed E-state index contributed by atoms with van der Waals surface area (Å²) < 4.78 is 0. The number of nitrogens with one attached hydrogen (secondary N) is 1. The first-order valence-electron chi connectivity index (χ1n) is 7.94. The Morgan fingerprint density at radius 1 is 1.12 bits per heavy atom. The number of anilines is 1. The highest BCUT2D eigenvalue weighted by Gasteiger charge is 2.23. The second-order valence-corrected chi connectivity index (χ2v) is 5.60. The van der Waals surface area contributed by atoms with E-state index in [1.165, 1.54) is 0 Å². The van der Waals surface area contributed by atoms with E-state index in [0.29, 0.717) is 44.1 Å². The van der Waals surface area contributed by atoms with Crippen molar-refractivity contribution < 1.29 is 4.79 Å². The van der Waals surface area contributed by atoms with Gasteiger partial charge in [0.25, 0.3) is 0 Å². The number of amides is 2. The molecular formula is C18H19N5O. The van der Waals surface area contributed by atoms with Crippen LogP contribution >= 0.6 is 0 Å². The Labute approximate surface area is 141 Å². The molecule has 0 bridgehead atoms. The molecule has 1 aliphatic heterocycles. The third-order valence-corrected chi connectivity index (χ3v) is 4.06. The van der Waals surface area contributed by atoms with Crippen molar-refractivity contribution >= 4 is 11.8 Å². The number of nitriles is 1. The van der Waals surface area contributed by atoms with Gasteiger partial charge in [0.05, 0.1) is 5.56 Å². The normalized spacial score (nSPS) is 14.1. The fourth-order valence-electron chi connectivity index (χ4n) is 2.74. The van der Waals surface area contributed by atoms with Crippen LogP contribution in [0.4, 0.5) is 10.6 Å². The fourth-order valence-corrected chi connectivity index (χ4v) is 2.74. The van der Waals surface area contributed by atoms with Gasteiger partial charge in [0.15, 0.2) is 0 Å². The molecule has 6 heteroatoms. The maximum absolute atomic E-state index is 12.3. The average Bonchev–Trinajstić information content (AvgIpc) is 2.67. The molecule has 24 heavy (non-hydrogen) atoms. The number of carbonyl (C=O) groups is 1. The first-order valence-corrected chi connectivity index (χ1v) is 7.94. The number of nitrogens with zero attached hydrogens (tertiary/aromatic N) is 4. The molecule has 0 spiro atoms. The number of aromatic nitrogens is 1. The summed E-state index contributed by atoms with van der Waals surface area (Å²) in [6.07, 6.45) is 1.69. The molecule has 1 aliphatic rings. The minimum absolute atomic E-state index is 0.0555. The van der Waals surface area contributed by atoms with Gasteiger partial charge < -0.3 is 15.1 Å². The minimum atomic E-state index is -0.0555. The van der Waals surface area contributed by atoms with Gasteiger partial charge in [0.2, 0.25) is 0 Å². The van der Waals surface area contributed by atoms with Crippen molar-refractivity contribution in [3.63, 3.8) is 0 Å². The van der Waals surface area contributed by atoms with E-state index in [0.717, 1.165) is 5.56 Å². The Bertz CT molecular complexity index is 733. The minimum Gasteiger partial charge on any atom is -0.352 e. The number of benzene rings is 1. The van der Waals surface area contributed by atoms with E-state index in [-0.39, 0.29) is 6.03 Å². The van der Waals surface area contributed by atoms with E-state index in [4.69, 9.17) is 0 Å². The standard InChI is InChI=1S/C18H19N5O/c19-13-16-7-4-8-20-17(16)22-9-11-23(12-10-22)18(24)21-14-15-5-2-1-3-6-15/h1-8H,9-12,14H2,(H,21,24). The van der Waals surface area contributed by atoms with Gasteiger partial charge in [-0.15, -0.1) is 0 Å². The topological polar surface area (TPSA) is 72.3 Å². The van der Waals surface area contributed by atoms with Crippen LogP contribution in [0.3, 0.4) is 0 Å². The molecule has 1 fully saturated rings. The highest BCUT2D eigenvalue weighted by Crippen LogP contribution is 2.18. The number of hydrogen-bond donors (Lipinski definition) is 1. The second-order valence-electron chi connectivity index (χ2n) is 5.60. The Morgan fingerprint density at radius 3 is 2.58 bits per heavy atom. The van der Waals surface area contributed by atoms with Crippen molar-refractivity contribution in [1.29, 1.82) is 5.26 Å². The molecule has 122 valence electrons. The summed E-state index contributed by atoms with van der Waals surface area (Å²) in [5.41, 5.74) is 1.65. The van der Waals surface area contributed by atoms with Gasteiger partial charge in [-0.2, -0.15) is 5.26 Å². The second kappa shape index (κ2) is 7.47. The lowest BCUT2D eigenvalue weighted by Crippen LogP contribution is -2.52. The molecular weight excluding hydrogens is 302 g/mol. The Balaban J connectivity index is 1.53. The smallest absolute Gasteiger partial charge is 0.317 e. The third kappa shape index (κ3) is 3.63. The number of carbonyl (C=O) groups excluding carboxylic acids is 1. The van der Waals surface area contributed by atoms with E-state index in [9.17, 15) is 10.1 Å². The van der Waals surface area contributed by atoms with Crippen LogP contribution in [0.2, 0.25) is 0 Å². The first-order chi connectivity index (χ1) is 11.8. The number of rotatable bonds is 3. The molecule has 2 amide bonds. The van der Waals surface area contributed by atoms with Crippen molar-refractivity contribution in [1.82, 2.24) is 15.2 Å². The summed E-state index contributed by atoms with van der Waals surface area (Å²) >= 11 is 0. The van der Waals surface area contributed by atoms with Gasteiger partial charge in [-0.05, 0) is 17.7 Å². The third-order valence-electron chi connectivity index (χ3n) is 4.06. The van der Waals surface area contributed by atoms with Crippen molar-refractivity contribution in [3.05, 3.63) is 59.8 Å². The molecule has 1 N–H and O–H groups in total. The lowest BCUT2D eigenvalue weighted by Gasteiger charge is -2.35. The van der Waals surface area contributed by atoms with Crippen molar-refractivity contribution in [2.75, 3.05) is 31.1 Å². The van der Waals surface area contributed by atoms with Crippen LogP contribution in [0, 0.1) is 11.3 Å². The van der Waals surface area contributed by atoms with E-state index >= 15 is 0 Å². The molecule has 3 rings (SSSR count). The molecule has 0 saturated carbocycles. The molecule has 6 nitrogen and oxygen atoms in total. The van der Waals surface area contributed by atoms with Crippen molar-refractivity contribution in [2.24, 2.45) is 0 Å². The summed E-state index contributed by atoms with van der Waals surface area (Å²) in [6, 6.07) is 15.5. The maximum Gasteiger partial charge on any atom is 0.317 e. The Kier molecular flexibility index (Phi) is 4.92. The highest BCUT2D eigenvalue weighted by atomic mass is 16.2. The monoisotopic (exact) mass is 321 g/mol. The van der Waals surface area contributed by atoms with Gasteiger partial charge in [-0.1, -0.05) is 30.3 Å². The average molecular weight is 321 g/mol. The van der Waals surface area contributed by atoms with Crippen molar-refractivity contribution in [3.8, 4) is 6.07 Å². The highest BCUT2D eigenvalue weighted by molar-refractivity contribution is 5.74. The van der Waals surface area contributed by atoms with Crippen LogP contribution in [0.15, 0.2) is 48.7 Å². The molecule has 1 saturated heterocycles. The van der Waals surface area contributed by atoms with E-state index in [1.54, 1.807) is 23.2 Å². The van der Waals surface area contributed by atoms with Crippen LogP contribution in [0.5, 0.6) is 0 Å². The summed E-state index contributed by atoms with van der Waals surface area (Å²) in [6.45, 7) is 3.09. The summed E-state index contributed by atoms with van der Waals surface area (Å²) in [7, 11) is 0. The Hall–Kier alpha value is -3.07. The summed E-state index contributed by atoms with van der Waals surface area (Å²) in [5, 5.41) is 12.1. The fraction of sp³-hybridized carbons (Fsp3) is 0.278. The van der Waals surface area contributed by atoms with Gasteiger partial charge in [-0.25, -0.2) is 9.78 Å². The molecule has 0 atom stereocenters. The number of pyridine rings is 1. The van der Waals surface area contributed by atoms with Gasteiger partial charge in [0.1, 0.15) is 11.9 Å². The van der Waals surface area contributed by atoms with Crippen LogP contribution < -0.4 is 10.2 Å². The number of urea groups is 1. The lowest BCUT2D eigenvalue weighted by molar-refractivity contribution is 0.194. The molecule has 2 heterocycles. The molecule has 2 aromatic rings. The zero-order valence-corrected chi connectivity index (χ0v) is 13.4. The predicted octanol–water partition coefficient (Wildman–Crippen LogP) is 1.99. The predicted molar refractivity (Wildman–Crippen MR) is 91.4 cm³/mol. The molecule has 1 aromatic heterocycles. The van der Waals surface area contributed by atoms with Crippen LogP contribution in [-0.4, -0.2) is 42.1 Å². The van der Waals surface area contributed by atoms with Crippen LogP contribution in [0.1, 0.15) is 11.1 Å². The molecule has 1 aromatic carbocycles. The number of hydrogen-bond acceptors (Lipinski definition) is 4. The summed E-state index contributed by atoms with van der Waals surface area (Å²) in [5.74, 6) is 0.698. The maximum atomic E-state index is 12.3. The van der Waals surface area contributed by atoms with Crippen molar-refractivity contribution in [2.45, 2.75) is 6.54 Å². The SMILES string of the molecule is N#Cc1cccnc1N1CCN(C(=O)NCc2ccccc2)CC1. The van der Waals surface area contributed by atoms with E-state index in [2.05, 4.69) is 21.3 Å². The van der Waals surface area contributed by atoms with Crippen LogP contribution in [0.25, 0.3) is 0 Å². The van der Waals surface area contributed by atoms with Gasteiger partial charge in [0, 0.05) is 38.9 Å². The Morgan fingerprint density at radius 2 is 1.88 bits per heavy atom. The largest absolute Gasteiger partial charge is 0.352 e. The lowest BCUT2D eigenvalue weighted by atomic mass is 10.2. The van der Waals surface area contributed by atoms with Gasteiger partial charge >= 0.3 is 6.03 Å². The molecule has 0 unspecified atom stereocenters. The quantitative estimate of drug-likeness (QED) is 0.938. The zero-order valence-electron chi connectivity index (χ0n) is 13.4. The molecule has 0 aliphatic carbocycles. The molecule has 0 radical (unpaired) electrons.